The number of carbonyl (C=O) groups excluding carboxylic acids is 1. The fraction of sp³-hybridized carbons (Fsp3) is 0.333. The molecule has 0 saturated carbocycles. The number of pyridine rings is 1. The number of hydrogen-bond donors (Lipinski definition) is 0. The lowest BCUT2D eigenvalue weighted by Crippen LogP contribution is -2.30. The number of aromatic nitrogens is 4. The Kier molecular flexibility index (Phi) is 5.20. The summed E-state index contributed by atoms with van der Waals surface area (Å²) >= 11 is 0. The van der Waals surface area contributed by atoms with Crippen LogP contribution in [0.15, 0.2) is 48.9 Å². The van der Waals surface area contributed by atoms with Crippen molar-refractivity contribution < 1.29 is 22.9 Å². The molecule has 194 valence electrons. The van der Waals surface area contributed by atoms with E-state index in [1.54, 1.807) is 41.0 Å². The van der Waals surface area contributed by atoms with Crippen molar-refractivity contribution in [3.05, 3.63) is 71.3 Å². The molecule has 2 aliphatic heterocycles. The number of rotatable bonds is 4. The van der Waals surface area contributed by atoms with Crippen molar-refractivity contribution in [2.24, 2.45) is 0 Å². The van der Waals surface area contributed by atoms with Gasteiger partial charge in [-0.15, -0.1) is 0 Å². The summed E-state index contributed by atoms with van der Waals surface area (Å²) in [7, 11) is -0.760. The number of alkyl halides is 2. The predicted octanol–water partition coefficient (Wildman–Crippen LogP) is 4.84. The number of amides is 1. The molecule has 2 unspecified atom stereocenters. The van der Waals surface area contributed by atoms with Crippen LogP contribution < -0.4 is 10.3 Å². The minimum Gasteiger partial charge on any atom is -0.434 e. The maximum absolute atomic E-state index is 13.3. The van der Waals surface area contributed by atoms with E-state index in [0.717, 1.165) is 40.7 Å². The van der Waals surface area contributed by atoms with Crippen molar-refractivity contribution in [1.82, 2.24) is 24.5 Å². The molecule has 2 atom stereocenters. The summed E-state index contributed by atoms with van der Waals surface area (Å²) in [6, 6.07) is 8.32. The van der Waals surface area contributed by atoms with Gasteiger partial charge in [-0.1, -0.05) is 6.07 Å². The first-order valence-electron chi connectivity index (χ1n) is 12.6. The Balaban J connectivity index is 1.36. The molecular weight excluding hydrogens is 511 g/mol. The first-order chi connectivity index (χ1) is 18.3. The molecule has 38 heavy (non-hydrogen) atoms. The highest BCUT2D eigenvalue weighted by molar-refractivity contribution is 7.71. The molecule has 4 aromatic rings. The van der Waals surface area contributed by atoms with Crippen LogP contribution in [0.5, 0.6) is 5.75 Å². The van der Waals surface area contributed by atoms with Crippen molar-refractivity contribution in [3.8, 4) is 16.9 Å². The molecule has 1 fully saturated rings. The molecule has 5 heterocycles. The Labute approximate surface area is 217 Å². The fourth-order valence-electron chi connectivity index (χ4n) is 6.27. The predicted molar refractivity (Wildman–Crippen MR) is 137 cm³/mol. The van der Waals surface area contributed by atoms with E-state index in [2.05, 4.69) is 9.97 Å². The number of carbonyl (C=O) groups is 1. The summed E-state index contributed by atoms with van der Waals surface area (Å²) in [6.07, 6.45) is 9.02. The van der Waals surface area contributed by atoms with Crippen LogP contribution in [-0.2, 0) is 4.57 Å². The van der Waals surface area contributed by atoms with E-state index < -0.39 is 13.8 Å². The molecule has 11 heteroatoms. The van der Waals surface area contributed by atoms with Crippen molar-refractivity contribution in [1.29, 1.82) is 0 Å². The van der Waals surface area contributed by atoms with E-state index in [-0.39, 0.29) is 23.6 Å². The first-order valence-corrected chi connectivity index (χ1v) is 14.7. The van der Waals surface area contributed by atoms with Crippen molar-refractivity contribution in [2.45, 2.75) is 37.8 Å². The zero-order valence-electron chi connectivity index (χ0n) is 20.6. The van der Waals surface area contributed by atoms with Crippen LogP contribution in [0.1, 0.15) is 58.4 Å². The summed E-state index contributed by atoms with van der Waals surface area (Å²) in [5, 5.41) is 4.80. The Morgan fingerprint density at radius 2 is 1.84 bits per heavy atom. The molecular formula is C27H24F2N5O3P. The van der Waals surface area contributed by atoms with Gasteiger partial charge in [0.1, 0.15) is 5.75 Å². The molecule has 1 aliphatic carbocycles. The molecule has 8 nitrogen and oxygen atoms in total. The van der Waals surface area contributed by atoms with Crippen LogP contribution in [0.25, 0.3) is 16.6 Å². The standard InChI is InChI=1S/C27H24F2N5O3P/c1-33-20-12-18(22-17(25(33)35)5-4-6-21(22)37-26(28)29)23-19-11-15(7-8-34(19)32-24(20)23)16-13-30-27(31-14-16)38(36)9-2-3-10-38/h4-8,11,13-14,18,20,26H,2-3,9-10,12H2,1H3. The van der Waals surface area contributed by atoms with Gasteiger partial charge >= 0.3 is 6.61 Å². The summed E-state index contributed by atoms with van der Waals surface area (Å²) in [4.78, 5) is 23.9. The molecule has 1 aromatic carbocycles. The first kappa shape index (κ1) is 23.5. The highest BCUT2D eigenvalue weighted by Crippen LogP contribution is 2.54. The SMILES string of the molecule is CN1C(=O)c2cccc(OC(F)F)c2C2CC1c1nn3ccc(-c4cnc(P5(=O)CCCC5)nc4)cc3c12. The van der Waals surface area contributed by atoms with Gasteiger partial charge in [0.25, 0.3) is 5.91 Å². The zero-order valence-corrected chi connectivity index (χ0v) is 21.4. The minimum atomic E-state index is -3.01. The van der Waals surface area contributed by atoms with Crippen molar-refractivity contribution in [2.75, 3.05) is 19.4 Å². The maximum Gasteiger partial charge on any atom is 0.387 e. The second kappa shape index (κ2) is 8.43. The quantitative estimate of drug-likeness (QED) is 0.348. The average Bonchev–Trinajstić information content (AvgIpc) is 3.60. The smallest absolute Gasteiger partial charge is 0.387 e. The van der Waals surface area contributed by atoms with Gasteiger partial charge in [0.05, 0.1) is 17.3 Å². The lowest BCUT2D eigenvalue weighted by molar-refractivity contribution is -0.0505. The lowest BCUT2D eigenvalue weighted by atomic mass is 9.88. The third-order valence-corrected chi connectivity index (χ3v) is 11.1. The zero-order chi connectivity index (χ0) is 26.2. The van der Waals surface area contributed by atoms with E-state index in [1.807, 2.05) is 18.3 Å². The minimum absolute atomic E-state index is 0.0130. The van der Waals surface area contributed by atoms with Gasteiger partial charge in [-0.25, -0.2) is 14.5 Å². The molecule has 0 N–H and O–H groups in total. The van der Waals surface area contributed by atoms with Crippen LogP contribution in [0.2, 0.25) is 0 Å². The number of ether oxygens (including phenoxy) is 1. The van der Waals surface area contributed by atoms with Crippen molar-refractivity contribution in [3.63, 3.8) is 0 Å². The lowest BCUT2D eigenvalue weighted by Gasteiger charge is -2.23. The highest BCUT2D eigenvalue weighted by atomic mass is 31.2. The van der Waals surface area contributed by atoms with Crippen molar-refractivity contribution >= 4 is 24.1 Å². The summed E-state index contributed by atoms with van der Waals surface area (Å²) < 4.78 is 46.4. The fourth-order valence-corrected chi connectivity index (χ4v) is 8.90. The number of hydrogen-bond acceptors (Lipinski definition) is 6. The summed E-state index contributed by atoms with van der Waals surface area (Å²) in [6.45, 7) is -3.01. The average molecular weight is 535 g/mol. The van der Waals surface area contributed by atoms with E-state index in [4.69, 9.17) is 9.84 Å². The Morgan fingerprint density at radius 1 is 1.08 bits per heavy atom. The Morgan fingerprint density at radius 3 is 2.58 bits per heavy atom. The van der Waals surface area contributed by atoms with Gasteiger partial charge < -0.3 is 14.2 Å². The third-order valence-electron chi connectivity index (χ3n) is 8.10. The van der Waals surface area contributed by atoms with Gasteiger partial charge in [0, 0.05) is 66.1 Å². The maximum atomic E-state index is 13.3. The van der Waals surface area contributed by atoms with Crippen LogP contribution in [0.4, 0.5) is 8.78 Å². The normalized spacial score (nSPS) is 21.6. The largest absolute Gasteiger partial charge is 0.434 e. The monoisotopic (exact) mass is 535 g/mol. The number of halogens is 2. The summed E-state index contributed by atoms with van der Waals surface area (Å²) in [5.41, 5.74) is 5.40. The molecule has 1 amide bonds. The Bertz CT molecular complexity index is 1640. The van der Waals surface area contributed by atoms with Crippen LogP contribution in [-0.4, -0.2) is 56.4 Å². The van der Waals surface area contributed by atoms with Crippen LogP contribution in [0, 0.1) is 0 Å². The molecule has 0 spiro atoms. The Hall–Kier alpha value is -3.65. The van der Waals surface area contributed by atoms with E-state index in [1.165, 1.54) is 6.07 Å². The molecule has 3 aromatic heterocycles. The van der Waals surface area contributed by atoms with E-state index in [0.29, 0.717) is 35.4 Å². The van der Waals surface area contributed by atoms with Gasteiger partial charge in [-0.2, -0.15) is 13.9 Å². The number of benzene rings is 1. The number of fused-ring (bicyclic) bond motifs is 9. The summed E-state index contributed by atoms with van der Waals surface area (Å²) in [5.74, 6) is -0.569. The van der Waals surface area contributed by atoms with Crippen LogP contribution >= 0.6 is 7.14 Å². The molecule has 0 radical (unpaired) electrons. The molecule has 2 bridgehead atoms. The van der Waals surface area contributed by atoms with Gasteiger partial charge in [-0.3, -0.25) is 4.79 Å². The highest BCUT2D eigenvalue weighted by Gasteiger charge is 2.46. The van der Waals surface area contributed by atoms with E-state index in [9.17, 15) is 18.1 Å². The van der Waals surface area contributed by atoms with E-state index >= 15 is 0 Å². The molecule has 3 aliphatic rings. The van der Waals surface area contributed by atoms with Gasteiger partial charge in [0.2, 0.25) is 0 Å². The third kappa shape index (κ3) is 3.42. The van der Waals surface area contributed by atoms with Crippen LogP contribution in [0.3, 0.4) is 0 Å². The molecule has 7 rings (SSSR count). The second-order valence-corrected chi connectivity index (χ2v) is 13.2. The number of nitrogens with zero attached hydrogens (tertiary/aromatic N) is 5. The van der Waals surface area contributed by atoms with Gasteiger partial charge in [-0.05, 0) is 49.1 Å². The molecule has 1 saturated heterocycles. The van der Waals surface area contributed by atoms with Gasteiger partial charge in [0.15, 0.2) is 12.7 Å². The second-order valence-electron chi connectivity index (χ2n) is 10.2. The topological polar surface area (TPSA) is 89.7 Å².